The van der Waals surface area contributed by atoms with E-state index >= 15 is 0 Å². The summed E-state index contributed by atoms with van der Waals surface area (Å²) in [6.07, 6.45) is 7.38. The third-order valence-corrected chi connectivity index (χ3v) is 14.3. The Hall–Kier alpha value is -6.59. The molecule has 9 rings (SSSR count). The number of carbonyl (C=O) groups is 5. The Morgan fingerprint density at radius 2 is 1.53 bits per heavy atom. The van der Waals surface area contributed by atoms with Crippen LogP contribution in [0.2, 0.25) is 0 Å². The molecule has 0 aromatic heterocycles. The Labute approximate surface area is 384 Å². The Bertz CT molecular complexity index is 2420. The molecule has 0 radical (unpaired) electrons. The molecule has 6 aliphatic rings. The predicted molar refractivity (Wildman–Crippen MR) is 247 cm³/mol. The summed E-state index contributed by atoms with van der Waals surface area (Å²) in [6.45, 7) is 7.47. The van der Waals surface area contributed by atoms with Crippen LogP contribution in [0.25, 0.3) is 5.70 Å². The summed E-state index contributed by atoms with van der Waals surface area (Å²) in [7, 11) is 0. The first-order valence-electron chi connectivity index (χ1n) is 23.4. The average molecular weight is 902 g/mol. The number of imide groups is 2. The maximum absolute atomic E-state index is 13.3. The Morgan fingerprint density at radius 1 is 0.803 bits per heavy atom. The highest BCUT2D eigenvalue weighted by molar-refractivity contribution is 6.23. The highest BCUT2D eigenvalue weighted by atomic mass is 16.5. The lowest BCUT2D eigenvalue weighted by molar-refractivity contribution is -0.307. The van der Waals surface area contributed by atoms with Gasteiger partial charge in [-0.1, -0.05) is 18.2 Å². The van der Waals surface area contributed by atoms with Crippen molar-refractivity contribution in [2.45, 2.75) is 69.5 Å². The van der Waals surface area contributed by atoms with Gasteiger partial charge in [-0.15, -0.1) is 0 Å². The summed E-state index contributed by atoms with van der Waals surface area (Å²) in [4.78, 5) is 76.2. The second kappa shape index (κ2) is 19.1. The SMILES string of the molecule is NC(=CC(=C(N)[NH3+])N1CC2CCC(C1)N2c1cccc(OCCN2CCN(C(=O)CCC3CCN(c4ccc5c(c4)C(=O)N(C4CCC(=O)NC4=O)C5=O)CC3)CC2)c1)c1ccccc1O. The zero-order chi connectivity index (χ0) is 46.1. The molecule has 5 fully saturated rings. The standard InChI is InChI=1S/C49H60N10O7/c50-40(38-6-1-2-7-43(38)60)28-42(46(51)52)57-29-34-9-10-35(30-57)58(34)33-4-3-5-36(26-33)66-25-24-54-20-22-56(23-21-54)45(62)15-8-31-16-18-55(19-17-31)32-11-12-37-39(27-32)49(65)59(48(37)64)41-13-14-44(61)53-47(41)63/h1-7,11-12,26-28,31,34-35,41,60H,8-10,13-25,29-30,50-52H2,(H,53,61,63)/p+1. The van der Waals surface area contributed by atoms with Crippen molar-refractivity contribution in [3.63, 3.8) is 0 Å². The van der Waals surface area contributed by atoms with Gasteiger partial charge in [0.2, 0.25) is 23.5 Å². The normalized spacial score (nSPS) is 23.3. The topological polar surface area (TPSA) is 226 Å². The summed E-state index contributed by atoms with van der Waals surface area (Å²) in [5.41, 5.74) is 21.1. The van der Waals surface area contributed by atoms with Crippen molar-refractivity contribution in [2.24, 2.45) is 17.4 Å². The van der Waals surface area contributed by atoms with Crippen LogP contribution in [-0.4, -0.2) is 138 Å². The number of hydrogen-bond donors (Lipinski definition) is 5. The molecule has 6 heterocycles. The number of allylic oxidation sites excluding steroid dienone is 1. The molecule has 2 bridgehead atoms. The summed E-state index contributed by atoms with van der Waals surface area (Å²) in [5.74, 6) is 0.0100. The van der Waals surface area contributed by atoms with Gasteiger partial charge >= 0.3 is 0 Å². The van der Waals surface area contributed by atoms with Gasteiger partial charge in [0.1, 0.15) is 29.8 Å². The number of carbonyl (C=O) groups excluding carboxylic acids is 5. The number of amides is 5. The Balaban J connectivity index is 0.689. The first-order chi connectivity index (χ1) is 31.9. The van der Waals surface area contributed by atoms with Gasteiger partial charge in [-0.3, -0.25) is 39.1 Å². The molecule has 348 valence electrons. The molecule has 0 aliphatic carbocycles. The van der Waals surface area contributed by atoms with Crippen LogP contribution in [0, 0.1) is 5.92 Å². The smallest absolute Gasteiger partial charge is 0.262 e. The van der Waals surface area contributed by atoms with Crippen LogP contribution in [-0.2, 0) is 14.4 Å². The molecule has 3 aromatic rings. The van der Waals surface area contributed by atoms with Crippen molar-refractivity contribution >= 4 is 46.6 Å². The van der Waals surface area contributed by atoms with Crippen molar-refractivity contribution in [1.29, 1.82) is 0 Å². The lowest BCUT2D eigenvalue weighted by Crippen LogP contribution is -2.58. The van der Waals surface area contributed by atoms with Crippen LogP contribution in [0.15, 0.2) is 84.3 Å². The van der Waals surface area contributed by atoms with Gasteiger partial charge in [0.15, 0.2) is 0 Å². The highest BCUT2D eigenvalue weighted by Gasteiger charge is 2.45. The minimum atomic E-state index is -0.987. The van der Waals surface area contributed by atoms with Gasteiger partial charge in [0, 0.05) is 113 Å². The summed E-state index contributed by atoms with van der Waals surface area (Å²) in [5, 5.41) is 12.6. The number of quaternary nitrogens is 1. The van der Waals surface area contributed by atoms with Crippen molar-refractivity contribution in [3.8, 4) is 11.5 Å². The average Bonchev–Trinajstić information content (AvgIpc) is 3.73. The predicted octanol–water partition coefficient (Wildman–Crippen LogP) is 2.04. The van der Waals surface area contributed by atoms with E-state index in [0.29, 0.717) is 49.1 Å². The van der Waals surface area contributed by atoms with E-state index < -0.39 is 29.7 Å². The van der Waals surface area contributed by atoms with Gasteiger partial charge in [-0.2, -0.15) is 0 Å². The van der Waals surface area contributed by atoms with Crippen molar-refractivity contribution in [3.05, 3.63) is 101 Å². The first-order valence-corrected chi connectivity index (χ1v) is 23.4. The number of rotatable bonds is 13. The molecule has 5 saturated heterocycles. The largest absolute Gasteiger partial charge is 0.507 e. The molecule has 5 amide bonds. The van der Waals surface area contributed by atoms with E-state index in [2.05, 4.69) is 48.8 Å². The van der Waals surface area contributed by atoms with E-state index in [9.17, 15) is 29.1 Å². The number of phenols is 1. The molecule has 3 unspecified atom stereocenters. The number of nitrogens with zero attached hydrogens (tertiary/aromatic N) is 6. The minimum absolute atomic E-state index is 0.0817. The van der Waals surface area contributed by atoms with Crippen LogP contribution >= 0.6 is 0 Å². The van der Waals surface area contributed by atoms with Crippen LogP contribution < -0.4 is 37.1 Å². The third kappa shape index (κ3) is 9.27. The van der Waals surface area contributed by atoms with E-state index in [4.69, 9.17) is 16.2 Å². The maximum atomic E-state index is 13.3. The van der Waals surface area contributed by atoms with E-state index in [1.54, 1.807) is 30.3 Å². The number of ether oxygens (including phenoxy) is 1. The van der Waals surface area contributed by atoms with E-state index in [0.717, 1.165) is 106 Å². The van der Waals surface area contributed by atoms with Crippen molar-refractivity contribution in [1.82, 2.24) is 24.9 Å². The maximum Gasteiger partial charge on any atom is 0.262 e. The number of hydrogen-bond acceptors (Lipinski definition) is 13. The number of nitrogens with one attached hydrogen (secondary N) is 1. The zero-order valence-electron chi connectivity index (χ0n) is 37.4. The fourth-order valence-corrected chi connectivity index (χ4v) is 10.7. The quantitative estimate of drug-likeness (QED) is 0.123. The Kier molecular flexibility index (Phi) is 12.9. The number of nitrogens with two attached hydrogens (primary N) is 2. The molecule has 3 aromatic carbocycles. The molecule has 9 N–H and O–H groups in total. The number of likely N-dealkylation sites (tertiary alicyclic amines) is 1. The summed E-state index contributed by atoms with van der Waals surface area (Å²) < 4.78 is 6.31. The minimum Gasteiger partial charge on any atom is -0.507 e. The second-order valence-electron chi connectivity index (χ2n) is 18.4. The fourth-order valence-electron chi connectivity index (χ4n) is 10.7. The van der Waals surface area contributed by atoms with E-state index in [1.165, 1.54) is 0 Å². The van der Waals surface area contributed by atoms with Gasteiger partial charge in [0.05, 0.1) is 11.1 Å². The van der Waals surface area contributed by atoms with Gasteiger partial charge in [-0.25, -0.2) is 0 Å². The lowest BCUT2D eigenvalue weighted by Gasteiger charge is -2.43. The van der Waals surface area contributed by atoms with Crippen LogP contribution in [0.3, 0.4) is 0 Å². The van der Waals surface area contributed by atoms with E-state index in [1.807, 2.05) is 29.2 Å². The second-order valence-corrected chi connectivity index (χ2v) is 18.4. The van der Waals surface area contributed by atoms with Crippen LogP contribution in [0.4, 0.5) is 11.4 Å². The number of piperidine rings is 2. The summed E-state index contributed by atoms with van der Waals surface area (Å²) in [6, 6.07) is 20.2. The first kappa shape index (κ1) is 44.6. The molecule has 0 spiro atoms. The molecular formula is C49H61N10O7+. The lowest BCUT2D eigenvalue weighted by atomic mass is 9.91. The molecule has 66 heavy (non-hydrogen) atoms. The number of anilines is 2. The van der Waals surface area contributed by atoms with E-state index in [-0.39, 0.29) is 47.7 Å². The number of para-hydroxylation sites is 1. The van der Waals surface area contributed by atoms with Crippen molar-refractivity contribution in [2.75, 3.05) is 75.3 Å². The van der Waals surface area contributed by atoms with Crippen LogP contribution in [0.1, 0.15) is 77.6 Å². The number of fused-ring (bicyclic) bond motifs is 3. The number of phenolic OH excluding ortho intramolecular Hbond substituents is 1. The molecule has 6 aliphatic heterocycles. The van der Waals surface area contributed by atoms with Gasteiger partial charge < -0.3 is 46.6 Å². The fraction of sp³-hybridized carbons (Fsp3) is 0.449. The van der Waals surface area contributed by atoms with Gasteiger partial charge in [-0.05, 0) is 93.0 Å². The monoisotopic (exact) mass is 901 g/mol. The molecular weight excluding hydrogens is 841 g/mol. The number of piperazine rings is 2. The molecule has 17 heteroatoms. The number of aromatic hydroxyl groups is 1. The molecule has 17 nitrogen and oxygen atoms in total. The number of benzene rings is 3. The summed E-state index contributed by atoms with van der Waals surface area (Å²) >= 11 is 0. The third-order valence-electron chi connectivity index (χ3n) is 14.3. The Morgan fingerprint density at radius 3 is 2.24 bits per heavy atom. The molecule has 0 saturated carbocycles. The van der Waals surface area contributed by atoms with Crippen LogP contribution in [0.5, 0.6) is 11.5 Å². The molecule has 3 atom stereocenters. The van der Waals surface area contributed by atoms with Gasteiger partial charge in [0.25, 0.3) is 11.8 Å². The highest BCUT2D eigenvalue weighted by Crippen LogP contribution is 2.38. The zero-order valence-corrected chi connectivity index (χ0v) is 37.4. The van der Waals surface area contributed by atoms with Crippen molar-refractivity contribution < 1.29 is 39.5 Å².